The van der Waals surface area contributed by atoms with E-state index in [4.69, 9.17) is 11.6 Å². The molecule has 0 radical (unpaired) electrons. The molecule has 3 aromatic rings. The molecule has 0 N–H and O–H groups in total. The number of hydrogen-bond donors (Lipinski definition) is 0. The van der Waals surface area contributed by atoms with Gasteiger partial charge < -0.3 is 0 Å². The Morgan fingerprint density at radius 2 is 1.93 bits per heavy atom. The van der Waals surface area contributed by atoms with Crippen LogP contribution in [0, 0.1) is 24.0 Å². The van der Waals surface area contributed by atoms with Crippen molar-refractivity contribution in [3.8, 4) is 0 Å². The highest BCUT2D eigenvalue weighted by Crippen LogP contribution is 2.25. The van der Waals surface area contributed by atoms with Crippen LogP contribution in [0.5, 0.6) is 0 Å². The molecule has 28 heavy (non-hydrogen) atoms. The standard InChI is InChI=1S/C21H18ClN3O3/c1-14-18(15(2)24(23-14)13-16-6-4-3-5-7-16)9-11-21(26)17-8-10-19(22)20(12-17)25(27)28/h3-12H,13H2,1-2H3/b11-9+. The fourth-order valence-electron chi connectivity index (χ4n) is 2.92. The molecule has 0 saturated heterocycles. The van der Waals surface area contributed by atoms with Crippen molar-refractivity contribution in [1.82, 2.24) is 9.78 Å². The van der Waals surface area contributed by atoms with Gasteiger partial charge >= 0.3 is 0 Å². The molecule has 1 aromatic heterocycles. The van der Waals surface area contributed by atoms with E-state index in [2.05, 4.69) is 5.10 Å². The summed E-state index contributed by atoms with van der Waals surface area (Å²) in [5, 5.41) is 15.6. The summed E-state index contributed by atoms with van der Waals surface area (Å²) in [6.45, 7) is 4.46. The minimum absolute atomic E-state index is 0.000549. The summed E-state index contributed by atoms with van der Waals surface area (Å²) in [5.41, 5.74) is 3.65. The number of nitrogens with zero attached hydrogens (tertiary/aromatic N) is 3. The lowest BCUT2D eigenvalue weighted by Crippen LogP contribution is -2.03. The first-order valence-electron chi connectivity index (χ1n) is 8.61. The van der Waals surface area contributed by atoms with E-state index in [0.717, 1.165) is 22.5 Å². The van der Waals surface area contributed by atoms with Gasteiger partial charge in [0.15, 0.2) is 5.78 Å². The van der Waals surface area contributed by atoms with Crippen LogP contribution in [-0.4, -0.2) is 20.5 Å². The number of nitro benzene ring substituents is 1. The highest BCUT2D eigenvalue weighted by atomic mass is 35.5. The summed E-state index contributed by atoms with van der Waals surface area (Å²) in [7, 11) is 0. The van der Waals surface area contributed by atoms with E-state index in [0.29, 0.717) is 6.54 Å². The number of allylic oxidation sites excluding steroid dienone is 1. The number of rotatable bonds is 6. The van der Waals surface area contributed by atoms with E-state index in [-0.39, 0.29) is 22.1 Å². The molecule has 142 valence electrons. The highest BCUT2D eigenvalue weighted by molar-refractivity contribution is 6.32. The predicted molar refractivity (Wildman–Crippen MR) is 109 cm³/mol. The number of halogens is 1. The summed E-state index contributed by atoms with van der Waals surface area (Å²) < 4.78 is 1.89. The van der Waals surface area contributed by atoms with Crippen LogP contribution in [0.4, 0.5) is 5.69 Å². The molecular weight excluding hydrogens is 378 g/mol. The maximum atomic E-state index is 12.4. The zero-order chi connectivity index (χ0) is 20.3. The van der Waals surface area contributed by atoms with Crippen LogP contribution in [0.2, 0.25) is 5.02 Å². The lowest BCUT2D eigenvalue weighted by molar-refractivity contribution is -0.384. The van der Waals surface area contributed by atoms with Crippen molar-refractivity contribution in [2.24, 2.45) is 0 Å². The first-order chi connectivity index (χ1) is 13.4. The maximum Gasteiger partial charge on any atom is 0.288 e. The number of carbonyl (C=O) groups is 1. The summed E-state index contributed by atoms with van der Waals surface area (Å²) in [5.74, 6) is -0.339. The fourth-order valence-corrected chi connectivity index (χ4v) is 3.11. The van der Waals surface area contributed by atoms with Gasteiger partial charge in [-0.25, -0.2) is 0 Å². The molecule has 2 aromatic carbocycles. The summed E-state index contributed by atoms with van der Waals surface area (Å²) in [6, 6.07) is 14.0. The van der Waals surface area contributed by atoms with E-state index >= 15 is 0 Å². The van der Waals surface area contributed by atoms with Gasteiger partial charge in [-0.2, -0.15) is 5.10 Å². The molecule has 0 atom stereocenters. The van der Waals surface area contributed by atoms with E-state index in [1.807, 2.05) is 48.9 Å². The molecule has 0 amide bonds. The van der Waals surface area contributed by atoms with Crippen LogP contribution in [0.1, 0.15) is 32.9 Å². The first kappa shape index (κ1) is 19.5. The zero-order valence-electron chi connectivity index (χ0n) is 15.4. The molecule has 6 nitrogen and oxygen atoms in total. The molecule has 1 heterocycles. The molecular formula is C21H18ClN3O3. The van der Waals surface area contributed by atoms with Gasteiger partial charge in [0, 0.05) is 22.9 Å². The lowest BCUT2D eigenvalue weighted by atomic mass is 10.1. The van der Waals surface area contributed by atoms with E-state index in [9.17, 15) is 14.9 Å². The number of benzene rings is 2. The molecule has 0 aliphatic carbocycles. The summed E-state index contributed by atoms with van der Waals surface area (Å²) >= 11 is 5.80. The Morgan fingerprint density at radius 3 is 2.61 bits per heavy atom. The average Bonchev–Trinajstić information content (AvgIpc) is 2.93. The number of hydrogen-bond acceptors (Lipinski definition) is 4. The van der Waals surface area contributed by atoms with Crippen LogP contribution >= 0.6 is 11.6 Å². The number of nitro groups is 1. The van der Waals surface area contributed by atoms with Crippen LogP contribution in [0.25, 0.3) is 6.08 Å². The molecule has 3 rings (SSSR count). The third-order valence-corrected chi connectivity index (χ3v) is 4.76. The van der Waals surface area contributed by atoms with Crippen molar-refractivity contribution < 1.29 is 9.72 Å². The van der Waals surface area contributed by atoms with E-state index in [1.54, 1.807) is 6.08 Å². The Balaban J connectivity index is 1.83. The van der Waals surface area contributed by atoms with Gasteiger partial charge in [-0.3, -0.25) is 19.6 Å². The Kier molecular flexibility index (Phi) is 5.70. The van der Waals surface area contributed by atoms with Gasteiger partial charge in [0.05, 0.1) is 17.2 Å². The van der Waals surface area contributed by atoms with E-state index in [1.165, 1.54) is 24.3 Å². The van der Waals surface area contributed by atoms with Gasteiger partial charge in [-0.15, -0.1) is 0 Å². The quantitative estimate of drug-likeness (QED) is 0.254. The second kappa shape index (κ2) is 8.19. The third kappa shape index (κ3) is 4.18. The van der Waals surface area contributed by atoms with Gasteiger partial charge in [0.25, 0.3) is 5.69 Å². The molecule has 7 heteroatoms. The molecule has 0 aliphatic rings. The molecule has 0 saturated carbocycles. The van der Waals surface area contributed by atoms with Gasteiger partial charge in [-0.1, -0.05) is 41.9 Å². The van der Waals surface area contributed by atoms with Crippen LogP contribution in [0.15, 0.2) is 54.6 Å². The molecule has 0 bridgehead atoms. The largest absolute Gasteiger partial charge is 0.289 e. The fraction of sp³-hybridized carbons (Fsp3) is 0.143. The van der Waals surface area contributed by atoms with Crippen molar-refractivity contribution in [1.29, 1.82) is 0 Å². The predicted octanol–water partition coefficient (Wildman–Crippen LogP) is 5.01. The Bertz CT molecular complexity index is 1070. The van der Waals surface area contributed by atoms with Crippen LogP contribution in [-0.2, 0) is 6.54 Å². The van der Waals surface area contributed by atoms with Crippen molar-refractivity contribution >= 4 is 29.1 Å². The van der Waals surface area contributed by atoms with Crippen molar-refractivity contribution in [3.63, 3.8) is 0 Å². The second-order valence-electron chi connectivity index (χ2n) is 6.35. The molecule has 0 aliphatic heterocycles. The number of aryl methyl sites for hydroxylation is 1. The van der Waals surface area contributed by atoms with E-state index < -0.39 is 4.92 Å². The van der Waals surface area contributed by atoms with Crippen molar-refractivity contribution in [2.45, 2.75) is 20.4 Å². The third-order valence-electron chi connectivity index (χ3n) is 4.44. The molecule has 0 unspecified atom stereocenters. The zero-order valence-corrected chi connectivity index (χ0v) is 16.2. The normalized spacial score (nSPS) is 11.1. The monoisotopic (exact) mass is 395 g/mol. The Hall–Kier alpha value is -3.25. The topological polar surface area (TPSA) is 78.0 Å². The number of ketones is 1. The molecule has 0 fully saturated rings. The van der Waals surface area contributed by atoms with Crippen LogP contribution in [0.3, 0.4) is 0 Å². The average molecular weight is 396 g/mol. The highest BCUT2D eigenvalue weighted by Gasteiger charge is 2.15. The first-order valence-corrected chi connectivity index (χ1v) is 8.99. The Morgan fingerprint density at radius 1 is 1.21 bits per heavy atom. The van der Waals surface area contributed by atoms with Crippen LogP contribution < -0.4 is 0 Å². The maximum absolute atomic E-state index is 12.4. The smallest absolute Gasteiger partial charge is 0.288 e. The molecule has 0 spiro atoms. The number of aromatic nitrogens is 2. The second-order valence-corrected chi connectivity index (χ2v) is 6.76. The van der Waals surface area contributed by atoms with Gasteiger partial charge in [0.2, 0.25) is 0 Å². The van der Waals surface area contributed by atoms with Gasteiger partial charge in [0.1, 0.15) is 5.02 Å². The Labute approximate surface area is 167 Å². The van der Waals surface area contributed by atoms with Crippen molar-refractivity contribution in [2.75, 3.05) is 0 Å². The summed E-state index contributed by atoms with van der Waals surface area (Å²) in [4.78, 5) is 22.8. The lowest BCUT2D eigenvalue weighted by Gasteiger charge is -2.04. The number of carbonyl (C=O) groups excluding carboxylic acids is 1. The minimum atomic E-state index is -0.606. The summed E-state index contributed by atoms with van der Waals surface area (Å²) in [6.07, 6.45) is 3.10. The minimum Gasteiger partial charge on any atom is -0.289 e. The van der Waals surface area contributed by atoms with Gasteiger partial charge in [-0.05, 0) is 43.7 Å². The SMILES string of the molecule is Cc1nn(Cc2ccccc2)c(C)c1/C=C/C(=O)c1ccc(Cl)c([N+](=O)[O-])c1. The van der Waals surface area contributed by atoms with Crippen molar-refractivity contribution in [3.05, 3.63) is 97.8 Å².